The maximum Gasteiger partial charge on any atom is 0.162 e. The van der Waals surface area contributed by atoms with Crippen molar-refractivity contribution in [3.05, 3.63) is 29.8 Å². The molecule has 2 heterocycles. The summed E-state index contributed by atoms with van der Waals surface area (Å²) in [5.41, 5.74) is 2.11. The predicted octanol–water partition coefficient (Wildman–Crippen LogP) is 2.95. The lowest BCUT2D eigenvalue weighted by atomic mass is 10.1. The molecule has 0 radical (unpaired) electrons. The molecule has 2 saturated heterocycles. The van der Waals surface area contributed by atoms with Gasteiger partial charge < -0.3 is 4.90 Å². The Balaban J connectivity index is 1.73. The standard InChI is InChI=1S/C17H24N2O/c1-2-17(20)14-6-8-15(9-7-14)19-12-4-11-18-10-3-5-16(18)13-19/h6-9,16H,2-5,10-13H2,1H3. The topological polar surface area (TPSA) is 23.6 Å². The summed E-state index contributed by atoms with van der Waals surface area (Å²) in [6.07, 6.45) is 4.51. The summed E-state index contributed by atoms with van der Waals surface area (Å²) in [6.45, 7) is 6.71. The molecule has 0 amide bonds. The molecule has 0 aromatic heterocycles. The van der Waals surface area contributed by atoms with Crippen molar-refractivity contribution in [1.29, 1.82) is 0 Å². The average molecular weight is 272 g/mol. The van der Waals surface area contributed by atoms with E-state index >= 15 is 0 Å². The molecule has 2 aliphatic rings. The van der Waals surface area contributed by atoms with Gasteiger partial charge in [-0.2, -0.15) is 0 Å². The van der Waals surface area contributed by atoms with E-state index in [1.165, 1.54) is 38.0 Å². The molecule has 0 N–H and O–H groups in total. The summed E-state index contributed by atoms with van der Waals surface area (Å²) < 4.78 is 0. The zero-order valence-electron chi connectivity index (χ0n) is 12.3. The van der Waals surface area contributed by atoms with Gasteiger partial charge in [-0.25, -0.2) is 0 Å². The second-order valence-electron chi connectivity index (χ2n) is 5.96. The molecule has 2 fully saturated rings. The second-order valence-corrected chi connectivity index (χ2v) is 5.96. The fourth-order valence-corrected chi connectivity index (χ4v) is 3.50. The van der Waals surface area contributed by atoms with Crippen LogP contribution in [0.3, 0.4) is 0 Å². The van der Waals surface area contributed by atoms with Crippen LogP contribution in [0.5, 0.6) is 0 Å². The molecule has 20 heavy (non-hydrogen) atoms. The third kappa shape index (κ3) is 2.73. The Labute approximate surface area is 121 Å². The zero-order chi connectivity index (χ0) is 13.9. The van der Waals surface area contributed by atoms with Gasteiger partial charge in [-0.15, -0.1) is 0 Å². The summed E-state index contributed by atoms with van der Waals surface area (Å²) in [4.78, 5) is 16.8. The van der Waals surface area contributed by atoms with E-state index in [9.17, 15) is 4.79 Å². The lowest BCUT2D eigenvalue weighted by molar-refractivity contribution is 0.0988. The number of anilines is 1. The van der Waals surface area contributed by atoms with Crippen LogP contribution in [0.1, 0.15) is 43.0 Å². The highest BCUT2D eigenvalue weighted by molar-refractivity contribution is 5.96. The summed E-state index contributed by atoms with van der Waals surface area (Å²) in [5.74, 6) is 0.231. The lowest BCUT2D eigenvalue weighted by Crippen LogP contribution is -2.36. The van der Waals surface area contributed by atoms with Crippen LogP contribution in [-0.2, 0) is 0 Å². The highest BCUT2D eigenvalue weighted by atomic mass is 16.1. The number of nitrogens with zero attached hydrogens (tertiary/aromatic N) is 2. The second kappa shape index (κ2) is 5.96. The minimum atomic E-state index is 0.231. The SMILES string of the molecule is CCC(=O)c1ccc(N2CCCN3CCCC3C2)cc1. The fourth-order valence-electron chi connectivity index (χ4n) is 3.50. The molecule has 3 rings (SSSR count). The maximum atomic E-state index is 11.7. The van der Waals surface area contributed by atoms with Gasteiger partial charge >= 0.3 is 0 Å². The number of hydrogen-bond acceptors (Lipinski definition) is 3. The van der Waals surface area contributed by atoms with Gasteiger partial charge in [0, 0.05) is 43.3 Å². The van der Waals surface area contributed by atoms with Gasteiger partial charge in [-0.3, -0.25) is 9.69 Å². The molecule has 3 nitrogen and oxygen atoms in total. The summed E-state index contributed by atoms with van der Waals surface area (Å²) in [7, 11) is 0. The first-order valence-electron chi connectivity index (χ1n) is 7.90. The number of carbonyl (C=O) groups is 1. The Bertz CT molecular complexity index is 468. The van der Waals surface area contributed by atoms with Crippen molar-refractivity contribution in [2.75, 3.05) is 31.1 Å². The van der Waals surface area contributed by atoms with E-state index in [1.807, 2.05) is 19.1 Å². The molecule has 3 heteroatoms. The quantitative estimate of drug-likeness (QED) is 0.790. The van der Waals surface area contributed by atoms with Crippen LogP contribution in [0, 0.1) is 0 Å². The van der Waals surface area contributed by atoms with Crippen molar-refractivity contribution in [1.82, 2.24) is 4.90 Å². The highest BCUT2D eigenvalue weighted by Gasteiger charge is 2.28. The fraction of sp³-hybridized carbons (Fsp3) is 0.588. The summed E-state index contributed by atoms with van der Waals surface area (Å²) in [6, 6.07) is 8.94. The van der Waals surface area contributed by atoms with E-state index in [0.29, 0.717) is 6.42 Å². The monoisotopic (exact) mass is 272 g/mol. The van der Waals surface area contributed by atoms with Crippen LogP contribution in [0.15, 0.2) is 24.3 Å². The molecule has 1 atom stereocenters. The molecular weight excluding hydrogens is 248 g/mol. The molecule has 108 valence electrons. The third-order valence-corrected chi connectivity index (χ3v) is 4.68. The van der Waals surface area contributed by atoms with E-state index in [2.05, 4.69) is 21.9 Å². The van der Waals surface area contributed by atoms with Crippen molar-refractivity contribution in [2.45, 2.75) is 38.6 Å². The normalized spacial score (nSPS) is 23.4. The van der Waals surface area contributed by atoms with Crippen molar-refractivity contribution in [2.24, 2.45) is 0 Å². The zero-order valence-corrected chi connectivity index (χ0v) is 12.3. The predicted molar refractivity (Wildman–Crippen MR) is 82.5 cm³/mol. The number of Topliss-reactive ketones (excluding diaryl/α,β-unsaturated/α-hetero) is 1. The van der Waals surface area contributed by atoms with Crippen LogP contribution in [-0.4, -0.2) is 42.9 Å². The summed E-state index contributed by atoms with van der Waals surface area (Å²) in [5, 5.41) is 0. The minimum Gasteiger partial charge on any atom is -0.370 e. The number of fused-ring (bicyclic) bond motifs is 1. The minimum absolute atomic E-state index is 0.231. The molecule has 0 saturated carbocycles. The summed E-state index contributed by atoms with van der Waals surface area (Å²) >= 11 is 0. The Morgan fingerprint density at radius 3 is 2.65 bits per heavy atom. The van der Waals surface area contributed by atoms with E-state index in [4.69, 9.17) is 0 Å². The Morgan fingerprint density at radius 1 is 1.15 bits per heavy atom. The van der Waals surface area contributed by atoms with Crippen molar-refractivity contribution >= 4 is 11.5 Å². The van der Waals surface area contributed by atoms with Crippen molar-refractivity contribution in [3.63, 3.8) is 0 Å². The Kier molecular flexibility index (Phi) is 4.06. The first-order valence-corrected chi connectivity index (χ1v) is 7.90. The van der Waals surface area contributed by atoms with Gasteiger partial charge in [0.15, 0.2) is 5.78 Å². The van der Waals surface area contributed by atoms with Crippen LogP contribution < -0.4 is 4.90 Å². The van der Waals surface area contributed by atoms with Gasteiger partial charge in [-0.05, 0) is 50.1 Å². The van der Waals surface area contributed by atoms with E-state index in [0.717, 1.165) is 24.7 Å². The smallest absolute Gasteiger partial charge is 0.162 e. The highest BCUT2D eigenvalue weighted by Crippen LogP contribution is 2.25. The van der Waals surface area contributed by atoms with Crippen LogP contribution in [0.4, 0.5) is 5.69 Å². The van der Waals surface area contributed by atoms with Gasteiger partial charge in [-0.1, -0.05) is 6.92 Å². The van der Waals surface area contributed by atoms with Gasteiger partial charge in [0.25, 0.3) is 0 Å². The van der Waals surface area contributed by atoms with Gasteiger partial charge in [0.05, 0.1) is 0 Å². The van der Waals surface area contributed by atoms with Crippen LogP contribution >= 0.6 is 0 Å². The number of hydrogen-bond donors (Lipinski definition) is 0. The molecule has 1 unspecified atom stereocenters. The largest absolute Gasteiger partial charge is 0.370 e. The maximum absolute atomic E-state index is 11.7. The van der Waals surface area contributed by atoms with Crippen molar-refractivity contribution < 1.29 is 4.79 Å². The molecule has 1 aromatic carbocycles. The number of carbonyl (C=O) groups excluding carboxylic acids is 1. The molecule has 0 bridgehead atoms. The number of ketones is 1. The van der Waals surface area contributed by atoms with E-state index < -0.39 is 0 Å². The molecular formula is C17H24N2O. The Hall–Kier alpha value is -1.35. The average Bonchev–Trinajstić information content (AvgIpc) is 2.83. The van der Waals surface area contributed by atoms with Crippen LogP contribution in [0.2, 0.25) is 0 Å². The van der Waals surface area contributed by atoms with E-state index in [1.54, 1.807) is 0 Å². The third-order valence-electron chi connectivity index (χ3n) is 4.68. The molecule has 0 aliphatic carbocycles. The van der Waals surface area contributed by atoms with Gasteiger partial charge in [0.1, 0.15) is 0 Å². The van der Waals surface area contributed by atoms with Crippen molar-refractivity contribution in [3.8, 4) is 0 Å². The Morgan fingerprint density at radius 2 is 1.90 bits per heavy atom. The van der Waals surface area contributed by atoms with E-state index in [-0.39, 0.29) is 5.78 Å². The lowest BCUT2D eigenvalue weighted by Gasteiger charge is -2.27. The molecule has 1 aromatic rings. The number of benzene rings is 1. The first kappa shape index (κ1) is 13.6. The molecule has 0 spiro atoms. The molecule has 2 aliphatic heterocycles. The van der Waals surface area contributed by atoms with Crippen LogP contribution in [0.25, 0.3) is 0 Å². The van der Waals surface area contributed by atoms with Gasteiger partial charge in [0.2, 0.25) is 0 Å². The number of rotatable bonds is 3. The first-order chi connectivity index (χ1) is 9.78.